The fraction of sp³-hybridized carbons (Fsp3) is 0.136. The summed E-state index contributed by atoms with van der Waals surface area (Å²) in [6.45, 7) is 2.44. The smallest absolute Gasteiger partial charge is 0.263 e. The first-order chi connectivity index (χ1) is 13.9. The van der Waals surface area contributed by atoms with Crippen LogP contribution in [0.2, 0.25) is 5.02 Å². The van der Waals surface area contributed by atoms with Gasteiger partial charge in [0.2, 0.25) is 0 Å². The molecule has 2 N–H and O–H groups in total. The van der Waals surface area contributed by atoms with E-state index in [2.05, 4.69) is 10.0 Å². The summed E-state index contributed by atoms with van der Waals surface area (Å²) in [5, 5.41) is 2.89. The van der Waals surface area contributed by atoms with Crippen LogP contribution in [0.25, 0.3) is 0 Å². The Kier molecular flexibility index (Phi) is 6.56. The van der Waals surface area contributed by atoms with Crippen LogP contribution < -0.4 is 10.0 Å². The van der Waals surface area contributed by atoms with E-state index in [0.29, 0.717) is 12.2 Å². The maximum atomic E-state index is 12.7. The van der Waals surface area contributed by atoms with Gasteiger partial charge in [-0.1, -0.05) is 67.1 Å². The molecule has 150 valence electrons. The second kappa shape index (κ2) is 9.11. The molecule has 7 heteroatoms. The number of rotatable bonds is 7. The molecule has 1 atom stereocenters. The highest BCUT2D eigenvalue weighted by molar-refractivity contribution is 7.92. The Balaban J connectivity index is 1.75. The van der Waals surface area contributed by atoms with Gasteiger partial charge >= 0.3 is 0 Å². The summed E-state index contributed by atoms with van der Waals surface area (Å²) in [6.07, 6.45) is 0. The van der Waals surface area contributed by atoms with Gasteiger partial charge in [0.1, 0.15) is 4.90 Å². The predicted molar refractivity (Wildman–Crippen MR) is 116 cm³/mol. The molecule has 5 nitrogen and oxygen atoms in total. The zero-order valence-corrected chi connectivity index (χ0v) is 17.4. The van der Waals surface area contributed by atoms with Crippen LogP contribution >= 0.6 is 11.6 Å². The monoisotopic (exact) mass is 428 g/mol. The molecule has 0 saturated heterocycles. The largest absolute Gasteiger partial charge is 0.351 e. The van der Waals surface area contributed by atoms with E-state index in [1.165, 1.54) is 18.2 Å². The molecular formula is C22H21ClN2O3S. The number of sulfonamides is 1. The van der Waals surface area contributed by atoms with Crippen molar-refractivity contribution in [2.75, 3.05) is 11.3 Å². The number of hydrogen-bond acceptors (Lipinski definition) is 3. The highest BCUT2D eigenvalue weighted by atomic mass is 35.5. The summed E-state index contributed by atoms with van der Waals surface area (Å²) in [5.41, 5.74) is 1.75. The predicted octanol–water partition coefficient (Wildman–Crippen LogP) is 4.67. The second-order valence-electron chi connectivity index (χ2n) is 6.64. The first-order valence-electron chi connectivity index (χ1n) is 9.07. The minimum absolute atomic E-state index is 0.0441. The molecule has 0 bridgehead atoms. The number of halogens is 1. The third-order valence-electron chi connectivity index (χ3n) is 4.45. The summed E-state index contributed by atoms with van der Waals surface area (Å²) in [6, 6.07) is 22.5. The van der Waals surface area contributed by atoms with Gasteiger partial charge in [-0.3, -0.25) is 9.52 Å². The number of carbonyl (C=O) groups is 1. The molecule has 0 aliphatic heterocycles. The van der Waals surface area contributed by atoms with Crippen LogP contribution in [-0.2, 0) is 10.0 Å². The van der Waals surface area contributed by atoms with Gasteiger partial charge in [-0.05, 0) is 41.8 Å². The standard InChI is InChI=1S/C22H21ClN2O3S/c1-16(17-8-4-2-5-9-17)15-24-22(26)18-12-13-20(23)21(14-18)29(27,28)25-19-10-6-3-7-11-19/h2-14,16,25H,15H2,1H3,(H,24,26). The second-order valence-corrected chi connectivity index (χ2v) is 8.70. The third-order valence-corrected chi connectivity index (χ3v) is 6.31. The van der Waals surface area contributed by atoms with E-state index in [0.717, 1.165) is 5.56 Å². The average Bonchev–Trinajstić information content (AvgIpc) is 2.73. The van der Waals surface area contributed by atoms with Crippen LogP contribution in [0, 0.1) is 0 Å². The van der Waals surface area contributed by atoms with Crippen LogP contribution in [0.4, 0.5) is 5.69 Å². The lowest BCUT2D eigenvalue weighted by Gasteiger charge is -2.14. The molecule has 1 unspecified atom stereocenters. The summed E-state index contributed by atoms with van der Waals surface area (Å²) < 4.78 is 27.9. The number of para-hydroxylation sites is 1. The number of hydrogen-bond donors (Lipinski definition) is 2. The SMILES string of the molecule is CC(CNC(=O)c1ccc(Cl)c(S(=O)(=O)Nc2ccccc2)c1)c1ccccc1. The molecule has 0 aromatic heterocycles. The van der Waals surface area contributed by atoms with Crippen LogP contribution in [0.1, 0.15) is 28.8 Å². The number of nitrogens with one attached hydrogen (secondary N) is 2. The number of benzene rings is 3. The highest BCUT2D eigenvalue weighted by Crippen LogP contribution is 2.25. The van der Waals surface area contributed by atoms with Gasteiger partial charge in [-0.25, -0.2) is 8.42 Å². The van der Waals surface area contributed by atoms with Crippen molar-refractivity contribution in [2.45, 2.75) is 17.7 Å². The van der Waals surface area contributed by atoms with Crippen molar-refractivity contribution in [3.8, 4) is 0 Å². The Labute approximate surface area is 175 Å². The fourth-order valence-electron chi connectivity index (χ4n) is 2.81. The minimum Gasteiger partial charge on any atom is -0.351 e. The van der Waals surface area contributed by atoms with E-state index in [1.807, 2.05) is 37.3 Å². The molecule has 0 radical (unpaired) electrons. The Hall–Kier alpha value is -2.83. The number of amides is 1. The maximum absolute atomic E-state index is 12.7. The lowest BCUT2D eigenvalue weighted by atomic mass is 10.0. The van der Waals surface area contributed by atoms with Crippen molar-refractivity contribution in [1.29, 1.82) is 0 Å². The van der Waals surface area contributed by atoms with E-state index in [-0.39, 0.29) is 27.3 Å². The quantitative estimate of drug-likeness (QED) is 0.574. The molecule has 3 aromatic carbocycles. The topological polar surface area (TPSA) is 75.3 Å². The van der Waals surface area contributed by atoms with Crippen molar-refractivity contribution in [3.05, 3.63) is 95.0 Å². The van der Waals surface area contributed by atoms with Crippen molar-refractivity contribution >= 4 is 33.2 Å². The Morgan fingerprint density at radius 3 is 2.24 bits per heavy atom. The van der Waals surface area contributed by atoms with E-state index in [4.69, 9.17) is 11.6 Å². The van der Waals surface area contributed by atoms with Crippen LogP contribution in [0.3, 0.4) is 0 Å². The number of carbonyl (C=O) groups excluding carboxylic acids is 1. The van der Waals surface area contributed by atoms with Crippen LogP contribution in [-0.4, -0.2) is 20.9 Å². The molecule has 0 heterocycles. The zero-order chi connectivity index (χ0) is 20.9. The van der Waals surface area contributed by atoms with Gasteiger partial charge in [0, 0.05) is 17.8 Å². The third kappa shape index (κ3) is 5.37. The van der Waals surface area contributed by atoms with Crippen molar-refractivity contribution in [1.82, 2.24) is 5.32 Å². The van der Waals surface area contributed by atoms with Gasteiger partial charge in [0.15, 0.2) is 0 Å². The molecule has 0 aliphatic rings. The molecular weight excluding hydrogens is 408 g/mol. The molecule has 1 amide bonds. The Bertz CT molecular complexity index is 1090. The summed E-state index contributed by atoms with van der Waals surface area (Å²) in [5.74, 6) is -0.240. The van der Waals surface area contributed by atoms with Crippen LogP contribution in [0.5, 0.6) is 0 Å². The first-order valence-corrected chi connectivity index (χ1v) is 10.9. The van der Waals surface area contributed by atoms with E-state index in [9.17, 15) is 13.2 Å². The highest BCUT2D eigenvalue weighted by Gasteiger charge is 2.20. The van der Waals surface area contributed by atoms with Gasteiger partial charge in [0.05, 0.1) is 5.02 Å². The molecule has 0 fully saturated rings. The van der Waals surface area contributed by atoms with Gasteiger partial charge in [0.25, 0.3) is 15.9 Å². The maximum Gasteiger partial charge on any atom is 0.263 e. The van der Waals surface area contributed by atoms with Gasteiger partial charge in [-0.15, -0.1) is 0 Å². The fourth-order valence-corrected chi connectivity index (χ4v) is 4.40. The summed E-state index contributed by atoms with van der Waals surface area (Å²) >= 11 is 6.11. The van der Waals surface area contributed by atoms with Crippen molar-refractivity contribution in [2.24, 2.45) is 0 Å². The first kappa shape index (κ1) is 20.9. The number of anilines is 1. The zero-order valence-electron chi connectivity index (χ0n) is 15.8. The molecule has 0 aliphatic carbocycles. The molecule has 29 heavy (non-hydrogen) atoms. The average molecular weight is 429 g/mol. The minimum atomic E-state index is -3.94. The van der Waals surface area contributed by atoms with E-state index < -0.39 is 10.0 Å². The van der Waals surface area contributed by atoms with Gasteiger partial charge < -0.3 is 5.32 Å². The van der Waals surface area contributed by atoms with E-state index in [1.54, 1.807) is 30.3 Å². The van der Waals surface area contributed by atoms with Crippen molar-refractivity contribution in [3.63, 3.8) is 0 Å². The molecule has 0 saturated carbocycles. The summed E-state index contributed by atoms with van der Waals surface area (Å²) in [4.78, 5) is 12.4. The lowest BCUT2D eigenvalue weighted by molar-refractivity contribution is 0.0951. The summed E-state index contributed by atoms with van der Waals surface area (Å²) in [7, 11) is -3.94. The Morgan fingerprint density at radius 1 is 0.966 bits per heavy atom. The van der Waals surface area contributed by atoms with E-state index >= 15 is 0 Å². The lowest BCUT2D eigenvalue weighted by Crippen LogP contribution is -2.27. The van der Waals surface area contributed by atoms with Gasteiger partial charge in [-0.2, -0.15) is 0 Å². The van der Waals surface area contributed by atoms with Crippen LogP contribution in [0.15, 0.2) is 83.8 Å². The normalized spacial score (nSPS) is 12.2. The Morgan fingerprint density at radius 2 is 1.59 bits per heavy atom. The molecule has 3 rings (SSSR count). The molecule has 3 aromatic rings. The van der Waals surface area contributed by atoms with Crippen molar-refractivity contribution < 1.29 is 13.2 Å². The molecule has 0 spiro atoms.